The van der Waals surface area contributed by atoms with Crippen molar-refractivity contribution in [3.63, 3.8) is 0 Å². The third-order valence-corrected chi connectivity index (χ3v) is 4.85. The molecule has 1 aromatic carbocycles. The zero-order chi connectivity index (χ0) is 26.5. The molecule has 0 aliphatic carbocycles. The zero-order valence-electron chi connectivity index (χ0n) is 21.5. The topological polar surface area (TPSA) is 128 Å². The number of hydrogen-bond donors (Lipinski definition) is 2. The number of nitrogens with one attached hydrogen (secondary N) is 1. The van der Waals surface area contributed by atoms with Crippen molar-refractivity contribution in [1.82, 2.24) is 5.32 Å². The van der Waals surface area contributed by atoms with Gasteiger partial charge in [0.15, 0.2) is 11.5 Å². The van der Waals surface area contributed by atoms with Crippen LogP contribution in [0.3, 0.4) is 0 Å². The minimum atomic E-state index is -2.05. The first-order valence-electron chi connectivity index (χ1n) is 11.2. The molecule has 0 saturated carbocycles. The number of aliphatic carboxylic acids is 1. The number of rotatable bonds is 9. The van der Waals surface area contributed by atoms with Gasteiger partial charge < -0.3 is 19.3 Å². The summed E-state index contributed by atoms with van der Waals surface area (Å²) in [7, 11) is 0. The molecule has 9 heteroatoms. The Morgan fingerprint density at radius 2 is 1.44 bits per heavy atom. The van der Waals surface area contributed by atoms with Crippen LogP contribution in [0.25, 0.3) is 0 Å². The van der Waals surface area contributed by atoms with E-state index in [-0.39, 0.29) is 24.0 Å². The number of carboxylic acid groups (broad SMARTS) is 1. The maximum atomic E-state index is 12.6. The monoisotopic (exact) mass is 479 g/mol. The lowest BCUT2D eigenvalue weighted by Crippen LogP contribution is -2.59. The van der Waals surface area contributed by atoms with Crippen LogP contribution in [0.15, 0.2) is 18.2 Å². The third kappa shape index (κ3) is 8.13. The Balaban J connectivity index is 3.52. The van der Waals surface area contributed by atoms with Gasteiger partial charge in [0, 0.05) is 19.4 Å². The van der Waals surface area contributed by atoms with E-state index in [0.717, 1.165) is 6.92 Å². The minimum Gasteiger partial charge on any atom is -0.477 e. The predicted octanol–water partition coefficient (Wildman–Crippen LogP) is 3.86. The first-order chi connectivity index (χ1) is 15.4. The molecule has 0 aliphatic rings. The Labute approximate surface area is 201 Å². The van der Waals surface area contributed by atoms with Crippen LogP contribution in [0.1, 0.15) is 74.3 Å². The maximum absolute atomic E-state index is 12.6. The summed E-state index contributed by atoms with van der Waals surface area (Å²) in [4.78, 5) is 49.0. The molecule has 190 valence electrons. The van der Waals surface area contributed by atoms with Crippen LogP contribution in [-0.4, -0.2) is 40.8 Å². The average Bonchev–Trinajstić information content (AvgIpc) is 2.67. The molecule has 0 saturated heterocycles. The molecule has 2 atom stereocenters. The molecule has 0 spiro atoms. The van der Waals surface area contributed by atoms with E-state index in [1.807, 2.05) is 6.92 Å². The van der Waals surface area contributed by atoms with Crippen molar-refractivity contribution in [3.8, 4) is 11.5 Å². The van der Waals surface area contributed by atoms with E-state index in [1.165, 1.54) is 18.2 Å². The van der Waals surface area contributed by atoms with E-state index in [1.54, 1.807) is 48.5 Å². The van der Waals surface area contributed by atoms with Gasteiger partial charge in [0.25, 0.3) is 5.72 Å². The number of ether oxygens (including phenoxy) is 3. The smallest absolute Gasteiger partial charge is 0.364 e. The molecule has 0 fully saturated rings. The molecule has 1 aromatic rings. The number of hydrogen-bond acceptors (Lipinski definition) is 8. The Bertz CT molecular complexity index is 926. The zero-order valence-corrected chi connectivity index (χ0v) is 21.5. The van der Waals surface area contributed by atoms with Crippen molar-refractivity contribution in [2.75, 3.05) is 0 Å². The summed E-state index contributed by atoms with van der Waals surface area (Å²) < 4.78 is 16.2. The molecule has 1 rings (SSSR count). The molecule has 2 N–H and O–H groups in total. The van der Waals surface area contributed by atoms with E-state index in [4.69, 9.17) is 14.2 Å². The molecule has 9 nitrogen and oxygen atoms in total. The second-order valence-corrected chi connectivity index (χ2v) is 10.4. The van der Waals surface area contributed by atoms with E-state index < -0.39 is 40.4 Å². The second kappa shape index (κ2) is 11.0. The van der Waals surface area contributed by atoms with Crippen LogP contribution in [0.2, 0.25) is 0 Å². The van der Waals surface area contributed by atoms with Crippen LogP contribution in [0.4, 0.5) is 0 Å². The fourth-order valence-electron chi connectivity index (χ4n) is 2.66. The van der Waals surface area contributed by atoms with Gasteiger partial charge in [-0.3, -0.25) is 19.7 Å². The SMILES string of the molecule is CCC(C)N[C@@](Cc1ccc(OC(=O)C(C)(C)C)c(OC(=O)C(C)(C)C)c1)(OC(C)=O)C(=O)O. The molecule has 0 radical (unpaired) electrons. The quantitative estimate of drug-likeness (QED) is 0.308. The van der Waals surface area contributed by atoms with Gasteiger partial charge in [0.05, 0.1) is 10.8 Å². The van der Waals surface area contributed by atoms with E-state index in [0.29, 0.717) is 12.0 Å². The summed E-state index contributed by atoms with van der Waals surface area (Å²) in [6.45, 7) is 14.8. The number of carboxylic acids is 1. The molecule has 0 amide bonds. The first-order valence-corrected chi connectivity index (χ1v) is 11.2. The summed E-state index contributed by atoms with van der Waals surface area (Å²) in [5, 5.41) is 12.8. The molecule has 0 bridgehead atoms. The van der Waals surface area contributed by atoms with Gasteiger partial charge in [-0.05, 0) is 72.6 Å². The van der Waals surface area contributed by atoms with Gasteiger partial charge in [-0.1, -0.05) is 13.0 Å². The fourth-order valence-corrected chi connectivity index (χ4v) is 2.66. The van der Waals surface area contributed by atoms with Gasteiger partial charge in [-0.2, -0.15) is 0 Å². The van der Waals surface area contributed by atoms with Gasteiger partial charge in [-0.15, -0.1) is 0 Å². The fraction of sp³-hybridized carbons (Fsp3) is 0.600. The summed E-state index contributed by atoms with van der Waals surface area (Å²) in [6, 6.07) is 4.09. The van der Waals surface area contributed by atoms with Crippen LogP contribution >= 0.6 is 0 Å². The molecule has 0 aliphatic heterocycles. The Morgan fingerprint density at radius 3 is 1.85 bits per heavy atom. The van der Waals surface area contributed by atoms with E-state index >= 15 is 0 Å². The number of esters is 3. The lowest BCUT2D eigenvalue weighted by molar-refractivity contribution is -0.183. The largest absolute Gasteiger partial charge is 0.477 e. The van der Waals surface area contributed by atoms with Gasteiger partial charge in [0.1, 0.15) is 0 Å². The molecule has 0 heterocycles. The highest BCUT2D eigenvalue weighted by molar-refractivity contribution is 5.82. The Kier molecular flexibility index (Phi) is 9.40. The maximum Gasteiger partial charge on any atom is 0.364 e. The summed E-state index contributed by atoms with van der Waals surface area (Å²) in [5.41, 5.74) is -3.32. The molecular weight excluding hydrogens is 442 g/mol. The molecule has 34 heavy (non-hydrogen) atoms. The van der Waals surface area contributed by atoms with Crippen LogP contribution < -0.4 is 14.8 Å². The summed E-state index contributed by atoms with van der Waals surface area (Å²) in [6.07, 6.45) is 0.326. The number of benzene rings is 1. The predicted molar refractivity (Wildman–Crippen MR) is 125 cm³/mol. The van der Waals surface area contributed by atoms with Crippen molar-refractivity contribution >= 4 is 23.9 Å². The van der Waals surface area contributed by atoms with Crippen molar-refractivity contribution in [1.29, 1.82) is 0 Å². The highest BCUT2D eigenvalue weighted by atomic mass is 16.6. The normalized spacial score (nSPS) is 14.5. The first kappa shape index (κ1) is 29.1. The van der Waals surface area contributed by atoms with Crippen LogP contribution in [-0.2, 0) is 30.3 Å². The van der Waals surface area contributed by atoms with Crippen LogP contribution in [0, 0.1) is 10.8 Å². The van der Waals surface area contributed by atoms with Crippen molar-refractivity contribution < 1.29 is 38.5 Å². The van der Waals surface area contributed by atoms with E-state index in [2.05, 4.69) is 5.32 Å². The Morgan fingerprint density at radius 1 is 0.941 bits per heavy atom. The van der Waals surface area contributed by atoms with Gasteiger partial charge in [-0.25, -0.2) is 4.79 Å². The molecule has 1 unspecified atom stereocenters. The van der Waals surface area contributed by atoms with Crippen LogP contribution in [0.5, 0.6) is 11.5 Å². The molecular formula is C25H37NO8. The summed E-state index contributed by atoms with van der Waals surface area (Å²) >= 11 is 0. The number of carbonyl (C=O) groups excluding carboxylic acids is 3. The van der Waals surface area contributed by atoms with Crippen molar-refractivity contribution in [2.45, 2.75) is 86.9 Å². The van der Waals surface area contributed by atoms with E-state index in [9.17, 15) is 24.3 Å². The Hall–Kier alpha value is -2.94. The van der Waals surface area contributed by atoms with Gasteiger partial charge in [0.2, 0.25) is 0 Å². The third-order valence-electron chi connectivity index (χ3n) is 4.85. The molecule has 0 aromatic heterocycles. The standard InChI is InChI=1S/C25H37NO8/c1-10-15(2)26-25(20(28)29,34-16(3)27)14-17-11-12-18(32-21(30)23(4,5)6)19(13-17)33-22(31)24(7,8)9/h11-13,15,26H,10,14H2,1-9H3,(H,28,29)/t15?,25-/m0/s1. The second-order valence-electron chi connectivity index (χ2n) is 10.4. The van der Waals surface area contributed by atoms with Crippen molar-refractivity contribution in [2.24, 2.45) is 10.8 Å². The number of carbonyl (C=O) groups is 4. The highest BCUT2D eigenvalue weighted by Gasteiger charge is 2.43. The highest BCUT2D eigenvalue weighted by Crippen LogP contribution is 2.34. The lowest BCUT2D eigenvalue weighted by Gasteiger charge is -2.32. The average molecular weight is 480 g/mol. The van der Waals surface area contributed by atoms with Gasteiger partial charge >= 0.3 is 23.9 Å². The summed E-state index contributed by atoms with van der Waals surface area (Å²) in [5.74, 6) is -3.27. The minimum absolute atomic E-state index is 0.0181. The van der Waals surface area contributed by atoms with Crippen molar-refractivity contribution in [3.05, 3.63) is 23.8 Å². The lowest BCUT2D eigenvalue weighted by atomic mass is 9.97.